The monoisotopic (exact) mass is 242 g/mol. The van der Waals surface area contributed by atoms with Crippen molar-refractivity contribution in [3.8, 4) is 0 Å². The van der Waals surface area contributed by atoms with E-state index in [0.717, 1.165) is 13.0 Å². The summed E-state index contributed by atoms with van der Waals surface area (Å²) in [4.78, 5) is 3.64. The summed E-state index contributed by atoms with van der Waals surface area (Å²) in [6.07, 6.45) is 3.60. The Kier molecular flexibility index (Phi) is 2.70. The zero-order valence-electron chi connectivity index (χ0n) is 11.6. The van der Waals surface area contributed by atoms with Gasteiger partial charge in [0.05, 0.1) is 5.54 Å². The van der Waals surface area contributed by atoms with Gasteiger partial charge < -0.3 is 10.3 Å². The first-order chi connectivity index (χ1) is 8.64. The molecule has 3 rings (SSSR count). The number of hydrogen-bond donors (Lipinski definition) is 2. The van der Waals surface area contributed by atoms with Gasteiger partial charge in [0.1, 0.15) is 0 Å². The van der Waals surface area contributed by atoms with Crippen LogP contribution in [-0.4, -0.2) is 11.5 Å². The number of H-pyrrole nitrogens is 1. The van der Waals surface area contributed by atoms with Crippen LogP contribution in [0, 0.1) is 6.92 Å². The Hall–Kier alpha value is -1.28. The Morgan fingerprint density at radius 3 is 2.83 bits per heavy atom. The quantitative estimate of drug-likeness (QED) is 0.826. The smallest absolute Gasteiger partial charge is 0.0561 e. The van der Waals surface area contributed by atoms with Gasteiger partial charge in [0, 0.05) is 16.6 Å². The van der Waals surface area contributed by atoms with Crippen molar-refractivity contribution in [2.45, 2.75) is 45.6 Å². The first kappa shape index (κ1) is 11.8. The van der Waals surface area contributed by atoms with E-state index in [9.17, 15) is 0 Å². The van der Waals surface area contributed by atoms with Crippen LogP contribution in [0.5, 0.6) is 0 Å². The van der Waals surface area contributed by atoms with Crippen molar-refractivity contribution in [3.63, 3.8) is 0 Å². The van der Waals surface area contributed by atoms with E-state index in [4.69, 9.17) is 0 Å². The summed E-state index contributed by atoms with van der Waals surface area (Å²) in [5.74, 6) is 0. The number of benzene rings is 1. The molecule has 1 aromatic carbocycles. The van der Waals surface area contributed by atoms with Crippen LogP contribution in [0.2, 0.25) is 0 Å². The maximum atomic E-state index is 3.65. The SMILES string of the molecule is CCc1ccc2[nH]c(C3(C)CCCN3)c(C)c2c1. The molecule has 1 aliphatic rings. The molecule has 2 N–H and O–H groups in total. The first-order valence-electron chi connectivity index (χ1n) is 7.01. The molecule has 18 heavy (non-hydrogen) atoms. The fourth-order valence-electron chi connectivity index (χ4n) is 3.25. The summed E-state index contributed by atoms with van der Waals surface area (Å²) in [7, 11) is 0. The molecule has 0 saturated carbocycles. The number of fused-ring (bicyclic) bond motifs is 1. The van der Waals surface area contributed by atoms with E-state index in [-0.39, 0.29) is 5.54 Å². The Bertz CT molecular complexity index is 574. The topological polar surface area (TPSA) is 27.8 Å². The van der Waals surface area contributed by atoms with Crippen LogP contribution >= 0.6 is 0 Å². The second kappa shape index (κ2) is 4.13. The summed E-state index contributed by atoms with van der Waals surface area (Å²) in [6, 6.07) is 6.79. The minimum atomic E-state index is 0.134. The van der Waals surface area contributed by atoms with E-state index < -0.39 is 0 Å². The van der Waals surface area contributed by atoms with Gasteiger partial charge in [0.15, 0.2) is 0 Å². The highest BCUT2D eigenvalue weighted by atomic mass is 15.0. The fraction of sp³-hybridized carbons (Fsp3) is 0.500. The first-order valence-corrected chi connectivity index (χ1v) is 7.01. The minimum absolute atomic E-state index is 0.134. The van der Waals surface area contributed by atoms with Gasteiger partial charge in [0.25, 0.3) is 0 Å². The molecule has 1 fully saturated rings. The van der Waals surface area contributed by atoms with Gasteiger partial charge >= 0.3 is 0 Å². The summed E-state index contributed by atoms with van der Waals surface area (Å²) in [6.45, 7) is 7.91. The summed E-state index contributed by atoms with van der Waals surface area (Å²) in [5.41, 5.74) is 5.62. The molecule has 1 atom stereocenters. The van der Waals surface area contributed by atoms with Gasteiger partial charge in [-0.3, -0.25) is 0 Å². The molecule has 96 valence electrons. The fourth-order valence-corrected chi connectivity index (χ4v) is 3.25. The molecule has 1 aliphatic heterocycles. The van der Waals surface area contributed by atoms with Gasteiger partial charge in [-0.2, -0.15) is 0 Å². The molecule has 2 aromatic rings. The Labute approximate surface area is 109 Å². The Balaban J connectivity index is 2.16. The number of aromatic amines is 1. The highest BCUT2D eigenvalue weighted by Gasteiger charge is 2.33. The van der Waals surface area contributed by atoms with Gasteiger partial charge in [0.2, 0.25) is 0 Å². The highest BCUT2D eigenvalue weighted by molar-refractivity contribution is 5.85. The zero-order valence-corrected chi connectivity index (χ0v) is 11.6. The lowest BCUT2D eigenvalue weighted by Crippen LogP contribution is -2.34. The zero-order chi connectivity index (χ0) is 12.8. The van der Waals surface area contributed by atoms with E-state index in [2.05, 4.69) is 49.3 Å². The molecule has 0 bridgehead atoms. The van der Waals surface area contributed by atoms with Crippen LogP contribution in [0.4, 0.5) is 0 Å². The lowest BCUT2D eigenvalue weighted by atomic mass is 9.92. The van der Waals surface area contributed by atoms with Gasteiger partial charge in [-0.1, -0.05) is 13.0 Å². The molecule has 1 unspecified atom stereocenters. The predicted octanol–water partition coefficient (Wildman–Crippen LogP) is 3.64. The third-order valence-electron chi connectivity index (χ3n) is 4.45. The Morgan fingerprint density at radius 1 is 1.33 bits per heavy atom. The van der Waals surface area contributed by atoms with Gasteiger partial charge in [-0.05, 0) is 62.9 Å². The predicted molar refractivity (Wildman–Crippen MR) is 77.0 cm³/mol. The normalized spacial score (nSPS) is 23.9. The van der Waals surface area contributed by atoms with Gasteiger partial charge in [-0.15, -0.1) is 0 Å². The third kappa shape index (κ3) is 1.67. The average molecular weight is 242 g/mol. The third-order valence-corrected chi connectivity index (χ3v) is 4.45. The summed E-state index contributed by atoms with van der Waals surface area (Å²) >= 11 is 0. The molecular weight excluding hydrogens is 220 g/mol. The summed E-state index contributed by atoms with van der Waals surface area (Å²) < 4.78 is 0. The van der Waals surface area contributed by atoms with Crippen LogP contribution in [-0.2, 0) is 12.0 Å². The molecule has 0 spiro atoms. The van der Waals surface area contributed by atoms with E-state index in [0.29, 0.717) is 0 Å². The molecule has 1 aromatic heterocycles. The van der Waals surface area contributed by atoms with Crippen molar-refractivity contribution >= 4 is 10.9 Å². The average Bonchev–Trinajstić information content (AvgIpc) is 2.95. The lowest BCUT2D eigenvalue weighted by molar-refractivity contribution is 0.422. The van der Waals surface area contributed by atoms with Crippen LogP contribution < -0.4 is 5.32 Å². The molecule has 2 heteroatoms. The van der Waals surface area contributed by atoms with E-state index in [1.165, 1.54) is 40.6 Å². The van der Waals surface area contributed by atoms with Crippen molar-refractivity contribution in [1.82, 2.24) is 10.3 Å². The second-order valence-corrected chi connectivity index (χ2v) is 5.72. The second-order valence-electron chi connectivity index (χ2n) is 5.72. The standard InChI is InChI=1S/C16H22N2/c1-4-12-6-7-14-13(10-12)11(2)15(18-14)16(3)8-5-9-17-16/h6-7,10,17-18H,4-5,8-9H2,1-3H3. The van der Waals surface area contributed by atoms with Gasteiger partial charge in [-0.25, -0.2) is 0 Å². The van der Waals surface area contributed by atoms with Crippen LogP contribution in [0.25, 0.3) is 10.9 Å². The van der Waals surface area contributed by atoms with E-state index in [1.807, 2.05) is 0 Å². The lowest BCUT2D eigenvalue weighted by Gasteiger charge is -2.24. The minimum Gasteiger partial charge on any atom is -0.357 e. The molecule has 1 saturated heterocycles. The largest absolute Gasteiger partial charge is 0.357 e. The molecule has 0 radical (unpaired) electrons. The molecular formula is C16H22N2. The van der Waals surface area contributed by atoms with Crippen LogP contribution in [0.3, 0.4) is 0 Å². The van der Waals surface area contributed by atoms with Crippen molar-refractivity contribution < 1.29 is 0 Å². The van der Waals surface area contributed by atoms with Crippen molar-refractivity contribution in [2.75, 3.05) is 6.54 Å². The number of nitrogens with one attached hydrogen (secondary N) is 2. The molecule has 2 nitrogen and oxygen atoms in total. The van der Waals surface area contributed by atoms with Crippen molar-refractivity contribution in [2.24, 2.45) is 0 Å². The van der Waals surface area contributed by atoms with Crippen molar-refractivity contribution in [3.05, 3.63) is 35.0 Å². The molecule has 2 heterocycles. The molecule has 0 amide bonds. The maximum absolute atomic E-state index is 3.65. The number of hydrogen-bond acceptors (Lipinski definition) is 1. The number of aromatic nitrogens is 1. The molecule has 0 aliphatic carbocycles. The summed E-state index contributed by atoms with van der Waals surface area (Å²) in [5, 5.41) is 5.04. The van der Waals surface area contributed by atoms with E-state index >= 15 is 0 Å². The van der Waals surface area contributed by atoms with Crippen LogP contribution in [0.1, 0.15) is 43.5 Å². The Morgan fingerprint density at radius 2 is 2.17 bits per heavy atom. The number of aryl methyl sites for hydroxylation is 2. The van der Waals surface area contributed by atoms with Crippen molar-refractivity contribution in [1.29, 1.82) is 0 Å². The maximum Gasteiger partial charge on any atom is 0.0561 e. The van der Waals surface area contributed by atoms with E-state index in [1.54, 1.807) is 0 Å². The number of rotatable bonds is 2. The van der Waals surface area contributed by atoms with Crippen LogP contribution in [0.15, 0.2) is 18.2 Å². The highest BCUT2D eigenvalue weighted by Crippen LogP contribution is 2.35.